The van der Waals surface area contributed by atoms with E-state index in [0.29, 0.717) is 5.75 Å². The van der Waals surface area contributed by atoms with Crippen LogP contribution in [-0.4, -0.2) is 34.2 Å². The Hall–Kier alpha value is -2.90. The van der Waals surface area contributed by atoms with Gasteiger partial charge in [-0.15, -0.1) is 0 Å². The molecule has 0 saturated carbocycles. The lowest BCUT2D eigenvalue weighted by molar-refractivity contribution is 0.392. The molecule has 1 atom stereocenters. The molecule has 0 aliphatic rings. The van der Waals surface area contributed by atoms with Gasteiger partial charge in [0, 0.05) is 30.4 Å². The average molecular weight is 398 g/mol. The van der Waals surface area contributed by atoms with E-state index in [1.807, 2.05) is 48.5 Å². The van der Waals surface area contributed by atoms with Crippen molar-refractivity contribution in [2.45, 2.75) is 10.8 Å². The van der Waals surface area contributed by atoms with Crippen LogP contribution in [0.3, 0.4) is 0 Å². The Morgan fingerprint density at radius 2 is 1.71 bits per heavy atom. The number of aromatic nitrogens is 1. The number of benzene rings is 2. The van der Waals surface area contributed by atoms with E-state index in [0.717, 1.165) is 11.3 Å². The van der Waals surface area contributed by atoms with Crippen LogP contribution in [0.4, 0.5) is 0 Å². The normalized spacial score (nSPS) is 12.4. The van der Waals surface area contributed by atoms with Crippen LogP contribution in [0, 0.1) is 0 Å². The van der Waals surface area contributed by atoms with E-state index in [9.17, 15) is 8.42 Å². The van der Waals surface area contributed by atoms with Crippen LogP contribution in [-0.2, 0) is 10.0 Å². The second-order valence-electron chi connectivity index (χ2n) is 6.09. The van der Waals surface area contributed by atoms with Crippen molar-refractivity contribution in [1.29, 1.82) is 0 Å². The zero-order valence-electron chi connectivity index (χ0n) is 15.7. The third kappa shape index (κ3) is 4.49. The predicted octanol–water partition coefficient (Wildman–Crippen LogP) is 3.21. The first-order valence-electron chi connectivity index (χ1n) is 8.72. The minimum Gasteiger partial charge on any atom is -0.497 e. The molecule has 1 aromatic heterocycles. The highest BCUT2D eigenvalue weighted by Crippen LogP contribution is 2.29. The van der Waals surface area contributed by atoms with Crippen LogP contribution < -0.4 is 14.2 Å². The molecule has 146 valence electrons. The Kier molecular flexibility index (Phi) is 6.28. The topological polar surface area (TPSA) is 77.5 Å². The lowest BCUT2D eigenvalue weighted by atomic mass is 9.95. The summed E-state index contributed by atoms with van der Waals surface area (Å²) in [4.78, 5) is 4.44. The van der Waals surface area contributed by atoms with Crippen LogP contribution in [0.15, 0.2) is 77.8 Å². The SMILES string of the molecule is COc1ccc(OC)c(S(=O)(=O)NCC(c2ccccc2)c2ccccn2)c1. The number of nitrogens with zero attached hydrogens (tertiary/aromatic N) is 1. The number of ether oxygens (including phenoxy) is 2. The molecule has 6 nitrogen and oxygen atoms in total. The largest absolute Gasteiger partial charge is 0.497 e. The molecule has 0 aliphatic heterocycles. The molecule has 0 fully saturated rings. The first-order chi connectivity index (χ1) is 13.5. The summed E-state index contributed by atoms with van der Waals surface area (Å²) in [5, 5.41) is 0. The highest BCUT2D eigenvalue weighted by atomic mass is 32.2. The van der Waals surface area contributed by atoms with Crippen molar-refractivity contribution in [2.24, 2.45) is 0 Å². The summed E-state index contributed by atoms with van der Waals surface area (Å²) in [5.74, 6) is 0.460. The minimum atomic E-state index is -3.83. The van der Waals surface area contributed by atoms with Gasteiger partial charge in [0.1, 0.15) is 16.4 Å². The highest BCUT2D eigenvalue weighted by molar-refractivity contribution is 7.89. The molecule has 0 radical (unpaired) electrons. The summed E-state index contributed by atoms with van der Waals surface area (Å²) in [6, 6.07) is 19.9. The molecule has 28 heavy (non-hydrogen) atoms. The number of hydrogen-bond acceptors (Lipinski definition) is 5. The zero-order chi connectivity index (χ0) is 20.0. The van der Waals surface area contributed by atoms with Gasteiger partial charge >= 0.3 is 0 Å². The van der Waals surface area contributed by atoms with Gasteiger partial charge in [-0.25, -0.2) is 13.1 Å². The summed E-state index contributed by atoms with van der Waals surface area (Å²) in [6.07, 6.45) is 1.70. The summed E-state index contributed by atoms with van der Waals surface area (Å²) in [7, 11) is -0.913. The van der Waals surface area contributed by atoms with Crippen molar-refractivity contribution < 1.29 is 17.9 Å². The third-order valence-electron chi connectivity index (χ3n) is 4.38. The maximum atomic E-state index is 13.0. The van der Waals surface area contributed by atoms with E-state index in [1.165, 1.54) is 20.3 Å². The van der Waals surface area contributed by atoms with Crippen molar-refractivity contribution in [3.8, 4) is 11.5 Å². The van der Waals surface area contributed by atoms with Gasteiger partial charge in [-0.2, -0.15) is 0 Å². The van der Waals surface area contributed by atoms with Gasteiger partial charge in [0.25, 0.3) is 0 Å². The van der Waals surface area contributed by atoms with E-state index in [1.54, 1.807) is 18.3 Å². The molecule has 0 bridgehead atoms. The van der Waals surface area contributed by atoms with E-state index in [4.69, 9.17) is 9.47 Å². The van der Waals surface area contributed by atoms with Gasteiger partial charge in [-0.1, -0.05) is 36.4 Å². The fourth-order valence-corrected chi connectivity index (χ4v) is 4.15. The molecular weight excluding hydrogens is 376 g/mol. The standard InChI is InChI=1S/C21H22N2O4S/c1-26-17-11-12-20(27-2)21(14-17)28(24,25)23-15-18(16-8-4-3-5-9-16)19-10-6-7-13-22-19/h3-14,18,23H,15H2,1-2H3. The summed E-state index contributed by atoms with van der Waals surface area (Å²) in [5.41, 5.74) is 1.76. The lowest BCUT2D eigenvalue weighted by Crippen LogP contribution is -2.29. The molecule has 0 spiro atoms. The van der Waals surface area contributed by atoms with Gasteiger partial charge in [-0.05, 0) is 29.8 Å². The van der Waals surface area contributed by atoms with Gasteiger partial charge in [0.2, 0.25) is 10.0 Å². The quantitative estimate of drug-likeness (QED) is 0.630. The highest BCUT2D eigenvalue weighted by Gasteiger charge is 2.23. The van der Waals surface area contributed by atoms with Crippen LogP contribution in [0.1, 0.15) is 17.2 Å². The maximum Gasteiger partial charge on any atom is 0.244 e. The van der Waals surface area contributed by atoms with Crippen LogP contribution in [0.5, 0.6) is 11.5 Å². The fraction of sp³-hybridized carbons (Fsp3) is 0.190. The molecule has 2 aromatic carbocycles. The number of sulfonamides is 1. The second kappa shape index (κ2) is 8.86. The van der Waals surface area contributed by atoms with Crippen LogP contribution in [0.25, 0.3) is 0 Å². The van der Waals surface area contributed by atoms with E-state index in [-0.39, 0.29) is 23.1 Å². The molecule has 3 rings (SSSR count). The molecular formula is C21H22N2O4S. The van der Waals surface area contributed by atoms with E-state index >= 15 is 0 Å². The lowest BCUT2D eigenvalue weighted by Gasteiger charge is -2.19. The number of hydrogen-bond donors (Lipinski definition) is 1. The van der Waals surface area contributed by atoms with Gasteiger partial charge in [0.05, 0.1) is 14.2 Å². The Morgan fingerprint density at radius 3 is 2.36 bits per heavy atom. The monoisotopic (exact) mass is 398 g/mol. The second-order valence-corrected chi connectivity index (χ2v) is 7.82. The Morgan fingerprint density at radius 1 is 0.964 bits per heavy atom. The summed E-state index contributed by atoms with van der Waals surface area (Å²) < 4.78 is 39.0. The number of rotatable bonds is 8. The Labute approximate surface area is 165 Å². The number of methoxy groups -OCH3 is 2. The average Bonchev–Trinajstić information content (AvgIpc) is 2.75. The number of nitrogens with one attached hydrogen (secondary N) is 1. The van der Waals surface area contributed by atoms with Crippen molar-refractivity contribution in [3.63, 3.8) is 0 Å². The molecule has 1 unspecified atom stereocenters. The Balaban J connectivity index is 1.91. The van der Waals surface area contributed by atoms with E-state index in [2.05, 4.69) is 9.71 Å². The van der Waals surface area contributed by atoms with Crippen LogP contribution in [0.2, 0.25) is 0 Å². The molecule has 7 heteroatoms. The van der Waals surface area contributed by atoms with Gasteiger partial charge < -0.3 is 9.47 Å². The van der Waals surface area contributed by atoms with Crippen molar-refractivity contribution >= 4 is 10.0 Å². The molecule has 1 N–H and O–H groups in total. The molecule has 0 amide bonds. The van der Waals surface area contributed by atoms with Gasteiger partial charge in [-0.3, -0.25) is 4.98 Å². The smallest absolute Gasteiger partial charge is 0.244 e. The minimum absolute atomic E-state index is 0.0298. The number of pyridine rings is 1. The first kappa shape index (κ1) is 19.9. The molecule has 0 aliphatic carbocycles. The van der Waals surface area contributed by atoms with Gasteiger partial charge in [0.15, 0.2) is 0 Å². The summed E-state index contributed by atoms with van der Waals surface area (Å²) in [6.45, 7) is 0.156. The van der Waals surface area contributed by atoms with E-state index < -0.39 is 10.0 Å². The molecule has 0 saturated heterocycles. The van der Waals surface area contributed by atoms with Crippen molar-refractivity contribution in [2.75, 3.05) is 20.8 Å². The van der Waals surface area contributed by atoms with Crippen molar-refractivity contribution in [3.05, 3.63) is 84.2 Å². The Bertz CT molecular complexity index is 970. The zero-order valence-corrected chi connectivity index (χ0v) is 16.5. The van der Waals surface area contributed by atoms with Crippen LogP contribution >= 0.6 is 0 Å². The first-order valence-corrected chi connectivity index (χ1v) is 10.2. The fourth-order valence-electron chi connectivity index (χ4n) is 2.93. The predicted molar refractivity (Wildman–Crippen MR) is 107 cm³/mol. The maximum absolute atomic E-state index is 13.0. The molecule has 1 heterocycles. The third-order valence-corrected chi connectivity index (χ3v) is 5.83. The molecule has 3 aromatic rings. The van der Waals surface area contributed by atoms with Crippen molar-refractivity contribution in [1.82, 2.24) is 9.71 Å². The summed E-state index contributed by atoms with van der Waals surface area (Å²) >= 11 is 0.